The van der Waals surface area contributed by atoms with Gasteiger partial charge < -0.3 is 25.8 Å². The monoisotopic (exact) mass is 434 g/mol. The molecule has 2 heterocycles. The van der Waals surface area contributed by atoms with Gasteiger partial charge in [-0.05, 0) is 30.2 Å². The number of nitrogens with one attached hydrogen (secondary N) is 2. The molecule has 0 saturated carbocycles. The van der Waals surface area contributed by atoms with Crippen molar-refractivity contribution in [2.75, 3.05) is 17.7 Å². The summed E-state index contributed by atoms with van der Waals surface area (Å²) >= 11 is 1.63. The Balaban J connectivity index is 1.45. The molecule has 30 heavy (non-hydrogen) atoms. The summed E-state index contributed by atoms with van der Waals surface area (Å²) in [5.74, 6) is -0.807. The lowest BCUT2D eigenvalue weighted by Gasteiger charge is -2.47. The number of amides is 3. The van der Waals surface area contributed by atoms with Crippen LogP contribution in [0.15, 0.2) is 36.0 Å². The van der Waals surface area contributed by atoms with Gasteiger partial charge in [-0.15, -0.1) is 11.8 Å². The number of anilines is 1. The third kappa shape index (κ3) is 5.10. The Hall–Kier alpha value is -3.05. The quantitative estimate of drug-likeness (QED) is 0.453. The standard InChI is InChI=1S/C19H22N4O6S/c1-10-7-23-16(25)15(17(23)30-9-10)22-14(24)6-11-2-4-12(5-3-11)21-19(28)29-8-13(20)18(26)27/h2-5,7,13,15,17H,6,8-9,20H2,1H3,(H,21,28)(H,22,24)(H,26,27)/t13-,15-,17+/m1/s1. The van der Waals surface area contributed by atoms with Crippen molar-refractivity contribution >= 4 is 41.3 Å². The van der Waals surface area contributed by atoms with E-state index in [1.807, 2.05) is 13.1 Å². The van der Waals surface area contributed by atoms with E-state index in [1.54, 1.807) is 40.9 Å². The molecule has 0 unspecified atom stereocenters. The Morgan fingerprint density at radius 1 is 1.33 bits per heavy atom. The van der Waals surface area contributed by atoms with Gasteiger partial charge in [0, 0.05) is 17.6 Å². The number of nitrogens with two attached hydrogens (primary N) is 1. The van der Waals surface area contributed by atoms with E-state index in [0.717, 1.165) is 11.3 Å². The number of carbonyl (C=O) groups is 4. The van der Waals surface area contributed by atoms with Crippen LogP contribution in [-0.2, 0) is 25.5 Å². The van der Waals surface area contributed by atoms with E-state index >= 15 is 0 Å². The number of hydrogen-bond donors (Lipinski definition) is 4. The molecule has 0 aliphatic carbocycles. The molecule has 3 amide bonds. The average molecular weight is 434 g/mol. The molecule has 0 aromatic heterocycles. The Morgan fingerprint density at radius 3 is 2.70 bits per heavy atom. The molecule has 0 bridgehead atoms. The first kappa shape index (κ1) is 21.7. The van der Waals surface area contributed by atoms with Crippen LogP contribution in [0.5, 0.6) is 0 Å². The number of carboxylic acids is 1. The van der Waals surface area contributed by atoms with Crippen molar-refractivity contribution in [3.05, 3.63) is 41.6 Å². The highest BCUT2D eigenvalue weighted by Gasteiger charge is 2.48. The molecular weight excluding hydrogens is 412 g/mol. The molecule has 0 spiro atoms. The highest BCUT2D eigenvalue weighted by molar-refractivity contribution is 8.00. The van der Waals surface area contributed by atoms with Crippen molar-refractivity contribution in [1.82, 2.24) is 10.2 Å². The van der Waals surface area contributed by atoms with Crippen LogP contribution in [0.25, 0.3) is 0 Å². The first-order valence-electron chi connectivity index (χ1n) is 9.16. The third-order valence-corrected chi connectivity index (χ3v) is 5.98. The van der Waals surface area contributed by atoms with Crippen molar-refractivity contribution in [3.63, 3.8) is 0 Å². The van der Waals surface area contributed by atoms with Crippen molar-refractivity contribution in [2.24, 2.45) is 5.73 Å². The fourth-order valence-corrected chi connectivity index (χ4v) is 4.14. The smallest absolute Gasteiger partial charge is 0.411 e. The van der Waals surface area contributed by atoms with Gasteiger partial charge in [0.2, 0.25) is 5.91 Å². The van der Waals surface area contributed by atoms with Crippen LogP contribution in [0.1, 0.15) is 12.5 Å². The summed E-state index contributed by atoms with van der Waals surface area (Å²) in [7, 11) is 0. The van der Waals surface area contributed by atoms with Crippen LogP contribution < -0.4 is 16.4 Å². The van der Waals surface area contributed by atoms with Gasteiger partial charge in [-0.25, -0.2) is 4.79 Å². The number of nitrogens with zero attached hydrogens (tertiary/aromatic N) is 1. The fourth-order valence-electron chi connectivity index (χ4n) is 2.93. The lowest BCUT2D eigenvalue weighted by atomic mass is 10.1. The van der Waals surface area contributed by atoms with Gasteiger partial charge in [0.1, 0.15) is 24.1 Å². The Bertz CT molecular complexity index is 888. The maximum absolute atomic E-state index is 12.3. The molecule has 1 fully saturated rings. The molecule has 3 atom stereocenters. The zero-order chi connectivity index (χ0) is 21.8. The summed E-state index contributed by atoms with van der Waals surface area (Å²) in [6.07, 6.45) is 1.09. The Kier molecular flexibility index (Phi) is 6.63. The van der Waals surface area contributed by atoms with E-state index in [9.17, 15) is 19.2 Å². The number of rotatable bonds is 7. The minimum atomic E-state index is -1.29. The van der Waals surface area contributed by atoms with Crippen molar-refractivity contribution in [3.8, 4) is 0 Å². The maximum Gasteiger partial charge on any atom is 0.411 e. The number of hydrogen-bond acceptors (Lipinski definition) is 7. The van der Waals surface area contributed by atoms with Crippen molar-refractivity contribution in [2.45, 2.75) is 30.8 Å². The number of thioether (sulfide) groups is 1. The Morgan fingerprint density at radius 2 is 2.03 bits per heavy atom. The fraction of sp³-hybridized carbons (Fsp3) is 0.368. The SMILES string of the molecule is CC1=CN2C(=O)[C@@H](NC(=O)Cc3ccc(NC(=O)OC[C@@H](N)C(=O)O)cc3)[C@@H]2SC1. The van der Waals surface area contributed by atoms with Gasteiger partial charge in [-0.3, -0.25) is 19.7 Å². The second kappa shape index (κ2) is 9.18. The van der Waals surface area contributed by atoms with Crippen LogP contribution >= 0.6 is 11.8 Å². The molecule has 11 heteroatoms. The topological polar surface area (TPSA) is 151 Å². The lowest BCUT2D eigenvalue weighted by Crippen LogP contribution is -2.68. The highest BCUT2D eigenvalue weighted by atomic mass is 32.2. The molecular formula is C19H22N4O6S. The first-order valence-corrected chi connectivity index (χ1v) is 10.2. The van der Waals surface area contributed by atoms with Crippen LogP contribution in [0.3, 0.4) is 0 Å². The second-order valence-corrected chi connectivity index (χ2v) is 8.11. The van der Waals surface area contributed by atoms with E-state index < -0.39 is 30.8 Å². The molecule has 1 saturated heterocycles. The van der Waals surface area contributed by atoms with Crippen LogP contribution in [0, 0.1) is 0 Å². The van der Waals surface area contributed by atoms with Gasteiger partial charge in [0.25, 0.3) is 5.91 Å². The van der Waals surface area contributed by atoms with Crippen molar-refractivity contribution in [1.29, 1.82) is 0 Å². The molecule has 5 N–H and O–H groups in total. The second-order valence-electron chi connectivity index (χ2n) is 7.01. The molecule has 160 valence electrons. The zero-order valence-electron chi connectivity index (χ0n) is 16.2. The van der Waals surface area contributed by atoms with Gasteiger partial charge >= 0.3 is 12.1 Å². The zero-order valence-corrected chi connectivity index (χ0v) is 17.0. The van der Waals surface area contributed by atoms with Crippen molar-refractivity contribution < 1.29 is 29.0 Å². The minimum Gasteiger partial charge on any atom is -0.480 e. The molecule has 0 radical (unpaired) electrons. The average Bonchev–Trinajstić information content (AvgIpc) is 2.71. The first-order chi connectivity index (χ1) is 14.2. The number of β-lactam (4-membered cyclic amide) rings is 1. The van der Waals surface area contributed by atoms with Crippen LogP contribution in [0.2, 0.25) is 0 Å². The lowest BCUT2D eigenvalue weighted by molar-refractivity contribution is -0.144. The largest absolute Gasteiger partial charge is 0.480 e. The minimum absolute atomic E-state index is 0.0583. The third-order valence-electron chi connectivity index (χ3n) is 4.51. The summed E-state index contributed by atoms with van der Waals surface area (Å²) in [6, 6.07) is 4.69. The van der Waals surface area contributed by atoms with Crippen LogP contribution in [0.4, 0.5) is 10.5 Å². The maximum atomic E-state index is 12.3. The number of fused-ring (bicyclic) bond motifs is 1. The van der Waals surface area contributed by atoms with Crippen LogP contribution in [-0.4, -0.2) is 63.7 Å². The van der Waals surface area contributed by atoms with E-state index in [4.69, 9.17) is 15.6 Å². The van der Waals surface area contributed by atoms with E-state index in [0.29, 0.717) is 11.3 Å². The number of ether oxygens (including phenoxy) is 1. The normalized spacial score (nSPS) is 20.9. The van der Waals surface area contributed by atoms with E-state index in [-0.39, 0.29) is 23.6 Å². The van der Waals surface area contributed by atoms with Gasteiger partial charge in [-0.2, -0.15) is 0 Å². The van der Waals surface area contributed by atoms with E-state index in [2.05, 4.69) is 10.6 Å². The van der Waals surface area contributed by atoms with E-state index in [1.165, 1.54) is 0 Å². The summed E-state index contributed by atoms with van der Waals surface area (Å²) in [4.78, 5) is 48.4. The molecule has 10 nitrogen and oxygen atoms in total. The number of carboxylic acid groups (broad SMARTS) is 1. The van der Waals surface area contributed by atoms with Gasteiger partial charge in [0.15, 0.2) is 0 Å². The molecule has 3 rings (SSSR count). The number of aliphatic carboxylic acids is 1. The predicted molar refractivity (Wildman–Crippen MR) is 110 cm³/mol. The number of carbonyl (C=O) groups excluding carboxylic acids is 3. The van der Waals surface area contributed by atoms with Gasteiger partial charge in [-0.1, -0.05) is 12.1 Å². The summed E-state index contributed by atoms with van der Waals surface area (Å²) < 4.78 is 4.72. The highest BCUT2D eigenvalue weighted by Crippen LogP contribution is 2.35. The molecule has 1 aromatic rings. The molecule has 2 aliphatic rings. The predicted octanol–water partition coefficient (Wildman–Crippen LogP) is 0.493. The summed E-state index contributed by atoms with van der Waals surface area (Å²) in [6.45, 7) is 1.51. The van der Waals surface area contributed by atoms with Gasteiger partial charge in [0.05, 0.1) is 6.42 Å². The molecule has 2 aliphatic heterocycles. The summed E-state index contributed by atoms with van der Waals surface area (Å²) in [5, 5.41) is 13.8. The number of benzene rings is 1. The Labute approximate surface area is 176 Å². The molecule has 1 aromatic carbocycles. The summed E-state index contributed by atoms with van der Waals surface area (Å²) in [5.41, 5.74) is 7.49.